The van der Waals surface area contributed by atoms with E-state index >= 15 is 0 Å². The second-order valence-corrected chi connectivity index (χ2v) is 4.10. The maximum atomic E-state index is 11.9. The number of carbonyl (C=O) groups is 1. The van der Waals surface area contributed by atoms with Crippen LogP contribution in [-0.4, -0.2) is 34.9 Å². The Morgan fingerprint density at radius 1 is 1.60 bits per heavy atom. The largest absolute Gasteiger partial charge is 0.348 e. The van der Waals surface area contributed by atoms with E-state index in [1.54, 1.807) is 0 Å². The predicted octanol–water partition coefficient (Wildman–Crippen LogP) is 1.94. The number of hydrogen-bond donors (Lipinski definition) is 0. The Hall–Kier alpha value is -1.09. The van der Waals surface area contributed by atoms with Gasteiger partial charge in [0, 0.05) is 19.3 Å². The van der Waals surface area contributed by atoms with Gasteiger partial charge in [-0.25, -0.2) is 0 Å². The zero-order valence-corrected chi connectivity index (χ0v) is 10.0. The molecule has 1 aromatic heterocycles. The van der Waals surface area contributed by atoms with Crippen molar-refractivity contribution >= 4 is 5.78 Å². The first-order valence-corrected chi connectivity index (χ1v) is 5.41. The van der Waals surface area contributed by atoms with Gasteiger partial charge in [0.15, 0.2) is 5.78 Å². The van der Waals surface area contributed by atoms with Crippen LogP contribution in [0.4, 0.5) is 0 Å². The summed E-state index contributed by atoms with van der Waals surface area (Å²) in [5.41, 5.74) is 0.783. The van der Waals surface area contributed by atoms with E-state index in [-0.39, 0.29) is 5.78 Å². The van der Waals surface area contributed by atoms with Gasteiger partial charge < -0.3 is 4.57 Å². The molecule has 1 unspecified atom stereocenters. The molecule has 0 N–H and O–H groups in total. The highest BCUT2D eigenvalue weighted by molar-refractivity contribution is 5.96. The van der Waals surface area contributed by atoms with Gasteiger partial charge in [0.2, 0.25) is 0 Å². The summed E-state index contributed by atoms with van der Waals surface area (Å²) in [6.45, 7) is 4.76. The van der Waals surface area contributed by atoms with Crippen LogP contribution in [0.1, 0.15) is 30.8 Å². The van der Waals surface area contributed by atoms with Crippen LogP contribution in [0.25, 0.3) is 0 Å². The highest BCUT2D eigenvalue weighted by Gasteiger charge is 2.14. The number of aromatic nitrogens is 1. The van der Waals surface area contributed by atoms with Gasteiger partial charge in [-0.1, -0.05) is 6.92 Å². The van der Waals surface area contributed by atoms with Crippen LogP contribution < -0.4 is 0 Å². The van der Waals surface area contributed by atoms with Crippen LogP contribution in [-0.2, 0) is 7.05 Å². The van der Waals surface area contributed by atoms with E-state index in [4.69, 9.17) is 0 Å². The van der Waals surface area contributed by atoms with Gasteiger partial charge in [0.05, 0.1) is 12.2 Å². The molecule has 0 spiro atoms. The summed E-state index contributed by atoms with van der Waals surface area (Å²) in [5, 5.41) is 0. The van der Waals surface area contributed by atoms with Crippen LogP contribution in [0.2, 0.25) is 0 Å². The maximum absolute atomic E-state index is 11.9. The van der Waals surface area contributed by atoms with E-state index in [2.05, 4.69) is 18.7 Å². The van der Waals surface area contributed by atoms with Gasteiger partial charge in [0.25, 0.3) is 0 Å². The molecule has 84 valence electrons. The molecule has 0 radical (unpaired) electrons. The lowest BCUT2D eigenvalue weighted by atomic mass is 10.2. The molecule has 1 heterocycles. The number of carbonyl (C=O) groups excluding carboxylic acids is 1. The molecular weight excluding hydrogens is 188 g/mol. The minimum atomic E-state index is 0.185. The van der Waals surface area contributed by atoms with Gasteiger partial charge in [-0.3, -0.25) is 9.69 Å². The van der Waals surface area contributed by atoms with Crippen molar-refractivity contribution in [2.75, 3.05) is 13.6 Å². The zero-order valence-electron chi connectivity index (χ0n) is 10.0. The van der Waals surface area contributed by atoms with Crippen molar-refractivity contribution < 1.29 is 4.79 Å². The molecule has 0 aromatic carbocycles. The van der Waals surface area contributed by atoms with E-state index < -0.39 is 0 Å². The molecule has 3 heteroatoms. The highest BCUT2D eigenvalue weighted by Crippen LogP contribution is 2.05. The second-order valence-electron chi connectivity index (χ2n) is 4.10. The summed E-state index contributed by atoms with van der Waals surface area (Å²) in [6, 6.07) is 4.22. The van der Waals surface area contributed by atoms with E-state index in [0.29, 0.717) is 12.6 Å². The Bertz CT molecular complexity index is 330. The predicted molar refractivity (Wildman–Crippen MR) is 62.1 cm³/mol. The fourth-order valence-corrected chi connectivity index (χ4v) is 1.53. The van der Waals surface area contributed by atoms with E-state index in [1.807, 2.05) is 37.0 Å². The summed E-state index contributed by atoms with van der Waals surface area (Å²) >= 11 is 0. The van der Waals surface area contributed by atoms with E-state index in [1.165, 1.54) is 0 Å². The van der Waals surface area contributed by atoms with Crippen molar-refractivity contribution in [3.05, 3.63) is 24.0 Å². The Morgan fingerprint density at radius 2 is 2.27 bits per heavy atom. The summed E-state index contributed by atoms with van der Waals surface area (Å²) < 4.78 is 1.87. The Morgan fingerprint density at radius 3 is 2.73 bits per heavy atom. The summed E-state index contributed by atoms with van der Waals surface area (Å²) in [4.78, 5) is 14.0. The van der Waals surface area contributed by atoms with Crippen LogP contribution >= 0.6 is 0 Å². The van der Waals surface area contributed by atoms with E-state index in [9.17, 15) is 4.79 Å². The van der Waals surface area contributed by atoms with Gasteiger partial charge in [-0.2, -0.15) is 0 Å². The first kappa shape index (κ1) is 12.0. The first-order chi connectivity index (χ1) is 7.06. The standard InChI is InChI=1S/C12H20N2O/c1-5-10(2)14(4)9-12(15)11-7-6-8-13(11)3/h6-8,10H,5,9H2,1-4H3. The molecule has 1 rings (SSSR count). The summed E-state index contributed by atoms with van der Waals surface area (Å²) in [7, 11) is 3.89. The zero-order chi connectivity index (χ0) is 11.4. The number of likely N-dealkylation sites (N-methyl/N-ethyl adjacent to an activating group) is 1. The lowest BCUT2D eigenvalue weighted by Crippen LogP contribution is -2.34. The molecule has 0 saturated heterocycles. The molecule has 0 aliphatic rings. The fourth-order valence-electron chi connectivity index (χ4n) is 1.53. The number of nitrogens with zero attached hydrogens (tertiary/aromatic N) is 2. The molecule has 0 amide bonds. The number of aryl methyl sites for hydroxylation is 1. The number of Topliss-reactive ketones (excluding diaryl/α,β-unsaturated/α-hetero) is 1. The van der Waals surface area contributed by atoms with Crippen LogP contribution in [0, 0.1) is 0 Å². The Labute approximate surface area is 91.7 Å². The van der Waals surface area contributed by atoms with Crippen molar-refractivity contribution in [1.29, 1.82) is 0 Å². The van der Waals surface area contributed by atoms with Crippen LogP contribution in [0.3, 0.4) is 0 Å². The molecular formula is C12H20N2O. The number of ketones is 1. The average molecular weight is 208 g/mol. The van der Waals surface area contributed by atoms with Crippen LogP contribution in [0.15, 0.2) is 18.3 Å². The third kappa shape index (κ3) is 2.93. The molecule has 0 saturated carbocycles. The average Bonchev–Trinajstić information content (AvgIpc) is 2.63. The van der Waals surface area contributed by atoms with Crippen molar-refractivity contribution in [3.8, 4) is 0 Å². The van der Waals surface area contributed by atoms with Gasteiger partial charge in [-0.15, -0.1) is 0 Å². The number of rotatable bonds is 5. The lowest BCUT2D eigenvalue weighted by molar-refractivity contribution is 0.0915. The third-order valence-electron chi connectivity index (χ3n) is 2.97. The molecule has 1 atom stereocenters. The van der Waals surface area contributed by atoms with Crippen LogP contribution in [0.5, 0.6) is 0 Å². The molecule has 0 bridgehead atoms. The van der Waals surface area contributed by atoms with Gasteiger partial charge in [-0.05, 0) is 32.5 Å². The molecule has 0 aliphatic carbocycles. The van der Waals surface area contributed by atoms with Gasteiger partial charge in [0.1, 0.15) is 0 Å². The fraction of sp³-hybridized carbons (Fsp3) is 0.583. The second kappa shape index (κ2) is 5.12. The molecule has 3 nitrogen and oxygen atoms in total. The maximum Gasteiger partial charge on any atom is 0.193 e. The minimum absolute atomic E-state index is 0.185. The van der Waals surface area contributed by atoms with Crippen molar-refractivity contribution in [2.24, 2.45) is 7.05 Å². The minimum Gasteiger partial charge on any atom is -0.348 e. The topological polar surface area (TPSA) is 25.2 Å². The smallest absolute Gasteiger partial charge is 0.193 e. The molecule has 0 fully saturated rings. The molecule has 0 aliphatic heterocycles. The molecule has 1 aromatic rings. The van der Waals surface area contributed by atoms with E-state index in [0.717, 1.165) is 12.1 Å². The third-order valence-corrected chi connectivity index (χ3v) is 2.97. The van der Waals surface area contributed by atoms with Gasteiger partial charge >= 0.3 is 0 Å². The Kier molecular flexibility index (Phi) is 4.09. The lowest BCUT2D eigenvalue weighted by Gasteiger charge is -2.22. The normalized spacial score (nSPS) is 13.1. The quantitative estimate of drug-likeness (QED) is 0.691. The molecule has 15 heavy (non-hydrogen) atoms. The van der Waals surface area contributed by atoms with Crippen molar-refractivity contribution in [2.45, 2.75) is 26.3 Å². The summed E-state index contributed by atoms with van der Waals surface area (Å²) in [6.07, 6.45) is 2.97. The first-order valence-electron chi connectivity index (χ1n) is 5.41. The Balaban J connectivity index is 2.60. The summed E-state index contributed by atoms with van der Waals surface area (Å²) in [5.74, 6) is 0.185. The van der Waals surface area contributed by atoms with Crippen molar-refractivity contribution in [3.63, 3.8) is 0 Å². The van der Waals surface area contributed by atoms with Crippen molar-refractivity contribution in [1.82, 2.24) is 9.47 Å². The number of hydrogen-bond acceptors (Lipinski definition) is 2. The SMILES string of the molecule is CCC(C)N(C)CC(=O)c1cccn1C. The monoisotopic (exact) mass is 208 g/mol. The highest BCUT2D eigenvalue weighted by atomic mass is 16.1.